The van der Waals surface area contributed by atoms with E-state index in [2.05, 4.69) is 161 Å². The fourth-order valence-corrected chi connectivity index (χ4v) is 12.0. The number of hydrogen-bond acceptors (Lipinski definition) is 15. The number of rotatable bonds is 76. The van der Waals surface area contributed by atoms with Crippen molar-refractivity contribution in [2.75, 3.05) is 39.6 Å². The topological polar surface area (TPSA) is 237 Å². The van der Waals surface area contributed by atoms with Crippen LogP contribution in [0.1, 0.15) is 310 Å². The number of aliphatic hydroxyl groups excluding tert-OH is 1. The molecule has 5 atom stereocenters. The van der Waals surface area contributed by atoms with Crippen molar-refractivity contribution in [3.63, 3.8) is 0 Å². The molecule has 0 aromatic heterocycles. The first-order chi connectivity index (χ1) is 52.7. The molecule has 0 rings (SSSR count). The Morgan fingerprint density at radius 2 is 0.500 bits per heavy atom. The zero-order valence-electron chi connectivity index (χ0n) is 67.2. The van der Waals surface area contributed by atoms with E-state index in [4.69, 9.17) is 37.0 Å². The predicted octanol–water partition coefficient (Wildman–Crippen LogP) is 24.6. The van der Waals surface area contributed by atoms with Gasteiger partial charge in [-0.1, -0.05) is 301 Å². The minimum Gasteiger partial charge on any atom is -0.462 e. The van der Waals surface area contributed by atoms with E-state index in [1.165, 1.54) is 64.2 Å². The summed E-state index contributed by atoms with van der Waals surface area (Å²) in [6, 6.07) is 0. The van der Waals surface area contributed by atoms with Crippen molar-refractivity contribution >= 4 is 39.5 Å². The van der Waals surface area contributed by atoms with Gasteiger partial charge in [0, 0.05) is 25.7 Å². The quantitative estimate of drug-likeness (QED) is 0.0169. The lowest BCUT2D eigenvalue weighted by Crippen LogP contribution is -2.30. The Hall–Kier alpha value is -5.58. The van der Waals surface area contributed by atoms with Gasteiger partial charge in [0.15, 0.2) is 12.2 Å². The zero-order valence-corrected chi connectivity index (χ0v) is 69.0. The molecule has 0 aliphatic rings. The van der Waals surface area contributed by atoms with Crippen LogP contribution in [0.5, 0.6) is 0 Å². The lowest BCUT2D eigenvalue weighted by atomic mass is 10.1. The van der Waals surface area contributed by atoms with E-state index in [1.807, 2.05) is 36.5 Å². The Kier molecular flexibility index (Phi) is 75.4. The van der Waals surface area contributed by atoms with Crippen molar-refractivity contribution in [3.05, 3.63) is 170 Å². The fourth-order valence-electron chi connectivity index (χ4n) is 10.4. The SMILES string of the molecule is CC/C=C\C/C=C\C/C=C\C/C=C\C/C=C\C/C=C\CCC(=O)O[C@H](COC(=O)CCCCCCC/C=C\CCCCCCCC)COP(=O)(O)OC[C@@H](O)COP(=O)(O)OC[C@@H](COC(=O)CCCCCCCCC/C=C\CCCCCC)OC(=O)CC/C=C\C/C=C\C/C=C\C/C=C\C/C=C\C/C=C\CC. The predicted molar refractivity (Wildman–Crippen MR) is 445 cm³/mol. The van der Waals surface area contributed by atoms with Crippen molar-refractivity contribution in [3.8, 4) is 0 Å². The van der Waals surface area contributed by atoms with Crippen LogP contribution in [0.15, 0.2) is 170 Å². The Bertz CT molecular complexity index is 2710. The molecule has 0 aliphatic carbocycles. The number of unbranched alkanes of at least 4 members (excludes halogenated alkanes) is 22. The number of hydrogen-bond donors (Lipinski definition) is 3. The van der Waals surface area contributed by atoms with Crippen molar-refractivity contribution in [1.29, 1.82) is 0 Å². The molecule has 0 bridgehead atoms. The lowest BCUT2D eigenvalue weighted by molar-refractivity contribution is -0.161. The average molecular weight is 1550 g/mol. The summed E-state index contributed by atoms with van der Waals surface area (Å²) in [5.41, 5.74) is 0. The van der Waals surface area contributed by atoms with Crippen LogP contribution in [0.25, 0.3) is 0 Å². The van der Waals surface area contributed by atoms with Crippen LogP contribution in [0.2, 0.25) is 0 Å². The second-order valence-electron chi connectivity index (χ2n) is 26.9. The molecule has 0 radical (unpaired) electrons. The molecule has 0 amide bonds. The number of carbonyl (C=O) groups excluding carboxylic acids is 4. The highest BCUT2D eigenvalue weighted by Gasteiger charge is 2.30. The highest BCUT2D eigenvalue weighted by molar-refractivity contribution is 7.47. The van der Waals surface area contributed by atoms with Gasteiger partial charge in [-0.25, -0.2) is 9.13 Å². The van der Waals surface area contributed by atoms with Crippen LogP contribution in [0.4, 0.5) is 0 Å². The maximum atomic E-state index is 13.1. The summed E-state index contributed by atoms with van der Waals surface area (Å²) in [6.45, 7) is 4.45. The van der Waals surface area contributed by atoms with Crippen molar-refractivity contribution in [1.82, 2.24) is 0 Å². The smallest absolute Gasteiger partial charge is 0.462 e. The van der Waals surface area contributed by atoms with Crippen molar-refractivity contribution in [2.24, 2.45) is 0 Å². The Labute approximate surface area is 654 Å². The zero-order chi connectivity index (χ0) is 78.9. The number of ether oxygens (including phenoxy) is 4. The van der Waals surface area contributed by atoms with Gasteiger partial charge in [-0.2, -0.15) is 0 Å². The van der Waals surface area contributed by atoms with Gasteiger partial charge in [-0.15, -0.1) is 0 Å². The largest absolute Gasteiger partial charge is 0.472 e. The monoisotopic (exact) mass is 1550 g/mol. The van der Waals surface area contributed by atoms with Crippen molar-refractivity contribution in [2.45, 2.75) is 329 Å². The van der Waals surface area contributed by atoms with E-state index in [-0.39, 0.29) is 25.7 Å². The summed E-state index contributed by atoms with van der Waals surface area (Å²) >= 11 is 0. The first kappa shape index (κ1) is 102. The van der Waals surface area contributed by atoms with E-state index in [9.17, 15) is 43.2 Å². The fraction of sp³-hybridized carbons (Fsp3) is 0.640. The molecular weight excluding hydrogens is 1400 g/mol. The van der Waals surface area contributed by atoms with Gasteiger partial charge in [-0.05, 0) is 154 Å². The van der Waals surface area contributed by atoms with Gasteiger partial charge >= 0.3 is 39.5 Å². The summed E-state index contributed by atoms with van der Waals surface area (Å²) in [5.74, 6) is -2.39. The molecule has 0 heterocycles. The van der Waals surface area contributed by atoms with Gasteiger partial charge < -0.3 is 33.8 Å². The van der Waals surface area contributed by atoms with Gasteiger partial charge in [0.2, 0.25) is 0 Å². The molecule has 0 aliphatic heterocycles. The van der Waals surface area contributed by atoms with Crippen LogP contribution in [0.3, 0.4) is 0 Å². The van der Waals surface area contributed by atoms with Gasteiger partial charge in [0.05, 0.1) is 26.4 Å². The molecule has 0 aromatic carbocycles. The van der Waals surface area contributed by atoms with Gasteiger partial charge in [0.1, 0.15) is 19.3 Å². The van der Waals surface area contributed by atoms with Crippen LogP contribution < -0.4 is 0 Å². The van der Waals surface area contributed by atoms with E-state index < -0.39 is 97.5 Å². The van der Waals surface area contributed by atoms with Crippen LogP contribution in [-0.4, -0.2) is 96.7 Å². The van der Waals surface area contributed by atoms with Crippen LogP contribution in [-0.2, 0) is 65.4 Å². The molecule has 0 spiro atoms. The number of aliphatic hydroxyl groups is 1. The van der Waals surface area contributed by atoms with Crippen LogP contribution in [0, 0.1) is 0 Å². The molecule has 0 fully saturated rings. The van der Waals surface area contributed by atoms with Gasteiger partial charge in [0.25, 0.3) is 0 Å². The van der Waals surface area contributed by atoms with E-state index >= 15 is 0 Å². The third kappa shape index (κ3) is 78.5. The van der Waals surface area contributed by atoms with Crippen molar-refractivity contribution < 1.29 is 80.2 Å². The second-order valence-corrected chi connectivity index (χ2v) is 29.8. The molecular formula is C89H146O17P2. The average Bonchev–Trinajstić information content (AvgIpc) is 0.907. The lowest BCUT2D eigenvalue weighted by Gasteiger charge is -2.21. The number of phosphoric ester groups is 2. The van der Waals surface area contributed by atoms with E-state index in [0.29, 0.717) is 38.5 Å². The third-order valence-corrected chi connectivity index (χ3v) is 18.6. The third-order valence-electron chi connectivity index (χ3n) is 16.7. The highest BCUT2D eigenvalue weighted by Crippen LogP contribution is 2.45. The molecule has 108 heavy (non-hydrogen) atoms. The first-order valence-corrected chi connectivity index (χ1v) is 44.4. The maximum absolute atomic E-state index is 13.1. The molecule has 614 valence electrons. The molecule has 0 saturated carbocycles. The summed E-state index contributed by atoms with van der Waals surface area (Å²) in [4.78, 5) is 73.1. The molecule has 0 aromatic rings. The summed E-state index contributed by atoms with van der Waals surface area (Å²) in [7, 11) is -10.0. The minimum absolute atomic E-state index is 0.0381. The number of esters is 4. The summed E-state index contributed by atoms with van der Waals surface area (Å²) in [5, 5.41) is 10.7. The molecule has 2 unspecified atom stereocenters. The Morgan fingerprint density at radius 1 is 0.269 bits per heavy atom. The second kappa shape index (κ2) is 79.5. The maximum Gasteiger partial charge on any atom is 0.472 e. The highest BCUT2D eigenvalue weighted by atomic mass is 31.2. The molecule has 17 nitrogen and oxygen atoms in total. The number of carbonyl (C=O) groups is 4. The van der Waals surface area contributed by atoms with E-state index in [0.717, 1.165) is 154 Å². The molecule has 0 saturated heterocycles. The Morgan fingerprint density at radius 3 is 0.787 bits per heavy atom. The van der Waals surface area contributed by atoms with Crippen LogP contribution >= 0.6 is 15.6 Å². The Balaban J connectivity index is 5.53. The summed E-state index contributed by atoms with van der Waals surface area (Å²) < 4.78 is 68.5. The minimum atomic E-state index is -5.01. The standard InChI is InChI=1S/C89H146O17P2/c1-5-9-13-17-21-25-29-33-37-39-41-43-47-51-55-59-63-67-71-75-88(93)105-84(79-99-86(91)73-69-65-61-57-53-49-45-35-31-27-23-19-15-11-7-3)81-103-107(95,96)101-77-83(90)78-102-108(97,98)104-82-85(80-100-87(92)74-70-66-62-58-54-50-46-36-32-28-24-20-16-12-8-4)106-89(94)76-72-68-64-60-56-52-48-44-42-40-38-34-30-26-22-18-14-10-6-2/h9-10,13-14,21-22,25-27,31,33-34,36-38,41-44,46,51-52,55-56,63-64,67-68,83-85,90H,5-8,11-12,15-20,23-24,28-30,32,35,39-40,45,47-50,53-54,57-62,65-66,69-82H2,1-4H3,(H,95,96)(H,97,98)/b13-9-,14-10-,25-21-,26-22-,31-27-,37-33-,38-34-,43-41-,44-42-,46-36-,55-51-,56-52-,67-63-,68-64-/t83-,84+,85+/m0/s1. The number of phosphoric acid groups is 2. The normalized spacial score (nSPS) is 14.7. The first-order valence-electron chi connectivity index (χ1n) is 41.4. The number of allylic oxidation sites excluding steroid dienone is 28. The molecule has 3 N–H and O–H groups in total. The van der Waals surface area contributed by atoms with E-state index in [1.54, 1.807) is 0 Å². The van der Waals surface area contributed by atoms with Gasteiger partial charge in [-0.3, -0.25) is 37.3 Å². The summed E-state index contributed by atoms with van der Waals surface area (Å²) in [6.07, 6.45) is 95.0. The molecule has 19 heteroatoms.